The summed E-state index contributed by atoms with van der Waals surface area (Å²) in [6.07, 6.45) is 4.68. The van der Waals surface area contributed by atoms with Crippen LogP contribution in [0, 0.1) is 5.92 Å². The summed E-state index contributed by atoms with van der Waals surface area (Å²) in [7, 11) is 2.00. The number of nitrogens with one attached hydrogen (secondary N) is 2. The van der Waals surface area contributed by atoms with Gasteiger partial charge in [-0.3, -0.25) is 9.69 Å². The van der Waals surface area contributed by atoms with Crippen LogP contribution >= 0.6 is 0 Å². The number of rotatable bonds is 7. The third-order valence-electron chi connectivity index (χ3n) is 3.59. The fourth-order valence-corrected chi connectivity index (χ4v) is 2.78. The van der Waals surface area contributed by atoms with Crippen molar-refractivity contribution >= 4 is 5.91 Å². The van der Waals surface area contributed by atoms with Gasteiger partial charge in [0.25, 0.3) is 0 Å². The lowest BCUT2D eigenvalue weighted by Gasteiger charge is -2.32. The number of carbonyl (C=O) groups excluding carboxylic acids is 1. The first-order valence-electron chi connectivity index (χ1n) is 7.32. The minimum absolute atomic E-state index is 0.182. The molecule has 0 aromatic rings. The van der Waals surface area contributed by atoms with Gasteiger partial charge in [-0.2, -0.15) is 0 Å². The van der Waals surface area contributed by atoms with Crippen molar-refractivity contribution in [2.24, 2.45) is 5.92 Å². The third-order valence-corrected chi connectivity index (χ3v) is 3.59. The number of hydrogen-bond donors (Lipinski definition) is 2. The van der Waals surface area contributed by atoms with E-state index in [2.05, 4.69) is 29.4 Å². The van der Waals surface area contributed by atoms with E-state index < -0.39 is 0 Å². The minimum atomic E-state index is 0.182. The summed E-state index contributed by atoms with van der Waals surface area (Å²) in [5.74, 6) is 0.880. The SMILES string of the molecule is CCCC(C)NC(=O)CN1CCCC(CNC)C1. The highest BCUT2D eigenvalue weighted by molar-refractivity contribution is 5.78. The molecule has 1 heterocycles. The van der Waals surface area contributed by atoms with E-state index in [9.17, 15) is 4.79 Å². The molecule has 106 valence electrons. The molecular formula is C14H29N3O. The van der Waals surface area contributed by atoms with Crippen LogP contribution in [0.3, 0.4) is 0 Å². The van der Waals surface area contributed by atoms with Crippen molar-refractivity contribution in [1.82, 2.24) is 15.5 Å². The third kappa shape index (κ3) is 5.83. The van der Waals surface area contributed by atoms with Gasteiger partial charge in [-0.15, -0.1) is 0 Å². The van der Waals surface area contributed by atoms with E-state index in [0.717, 1.165) is 32.5 Å². The fraction of sp³-hybridized carbons (Fsp3) is 0.929. The molecule has 4 nitrogen and oxygen atoms in total. The van der Waals surface area contributed by atoms with E-state index in [-0.39, 0.29) is 5.91 Å². The monoisotopic (exact) mass is 255 g/mol. The standard InChI is InChI=1S/C14H29N3O/c1-4-6-12(2)16-14(18)11-17-8-5-7-13(10-17)9-15-3/h12-13,15H,4-11H2,1-3H3,(H,16,18). The molecule has 0 aromatic carbocycles. The van der Waals surface area contributed by atoms with Gasteiger partial charge in [0.2, 0.25) is 5.91 Å². The Balaban J connectivity index is 2.26. The van der Waals surface area contributed by atoms with Gasteiger partial charge in [-0.25, -0.2) is 0 Å². The van der Waals surface area contributed by atoms with Crippen LogP contribution in [0.15, 0.2) is 0 Å². The quantitative estimate of drug-likeness (QED) is 0.719. The lowest BCUT2D eigenvalue weighted by Crippen LogP contribution is -2.45. The van der Waals surface area contributed by atoms with Crippen molar-refractivity contribution in [2.45, 2.75) is 45.6 Å². The van der Waals surface area contributed by atoms with Crippen LogP contribution in [-0.4, -0.2) is 50.1 Å². The van der Waals surface area contributed by atoms with Crippen LogP contribution in [0.1, 0.15) is 39.5 Å². The molecule has 0 saturated carbocycles. The average molecular weight is 255 g/mol. The summed E-state index contributed by atoms with van der Waals surface area (Å²) in [4.78, 5) is 14.2. The molecule has 1 aliphatic heterocycles. The van der Waals surface area contributed by atoms with Crippen LogP contribution in [0.25, 0.3) is 0 Å². The van der Waals surface area contributed by atoms with Gasteiger partial charge in [-0.1, -0.05) is 13.3 Å². The molecule has 1 aliphatic rings. The maximum Gasteiger partial charge on any atom is 0.234 e. The van der Waals surface area contributed by atoms with Crippen molar-refractivity contribution in [3.63, 3.8) is 0 Å². The van der Waals surface area contributed by atoms with E-state index in [1.807, 2.05) is 7.05 Å². The fourth-order valence-electron chi connectivity index (χ4n) is 2.78. The average Bonchev–Trinajstić information content (AvgIpc) is 2.29. The largest absolute Gasteiger partial charge is 0.353 e. The maximum atomic E-state index is 11.9. The first kappa shape index (κ1) is 15.4. The molecule has 1 fully saturated rings. The van der Waals surface area contributed by atoms with Crippen molar-refractivity contribution in [2.75, 3.05) is 33.2 Å². The number of nitrogens with zero attached hydrogens (tertiary/aromatic N) is 1. The van der Waals surface area contributed by atoms with Crippen LogP contribution < -0.4 is 10.6 Å². The maximum absolute atomic E-state index is 11.9. The molecule has 2 unspecified atom stereocenters. The molecule has 1 amide bonds. The minimum Gasteiger partial charge on any atom is -0.353 e. The van der Waals surface area contributed by atoms with E-state index in [0.29, 0.717) is 18.5 Å². The van der Waals surface area contributed by atoms with Crippen molar-refractivity contribution in [1.29, 1.82) is 0 Å². The Morgan fingerprint density at radius 2 is 2.28 bits per heavy atom. The van der Waals surface area contributed by atoms with Crippen LogP contribution in [0.5, 0.6) is 0 Å². The van der Waals surface area contributed by atoms with E-state index in [4.69, 9.17) is 0 Å². The molecule has 0 bridgehead atoms. The molecule has 0 aromatic heterocycles. The lowest BCUT2D eigenvalue weighted by atomic mass is 9.98. The summed E-state index contributed by atoms with van der Waals surface area (Å²) in [6, 6.07) is 0.306. The Labute approximate surface area is 111 Å². The zero-order valence-corrected chi connectivity index (χ0v) is 12.2. The molecule has 18 heavy (non-hydrogen) atoms. The van der Waals surface area contributed by atoms with Gasteiger partial charge >= 0.3 is 0 Å². The predicted molar refractivity (Wildman–Crippen MR) is 75.6 cm³/mol. The van der Waals surface area contributed by atoms with Gasteiger partial charge in [0.05, 0.1) is 6.54 Å². The van der Waals surface area contributed by atoms with Crippen molar-refractivity contribution in [3.8, 4) is 0 Å². The van der Waals surface area contributed by atoms with Gasteiger partial charge in [-0.05, 0) is 52.2 Å². The van der Waals surface area contributed by atoms with E-state index >= 15 is 0 Å². The molecule has 2 atom stereocenters. The Kier molecular flexibility index (Phi) is 7.28. The van der Waals surface area contributed by atoms with Crippen molar-refractivity contribution < 1.29 is 4.79 Å². The number of amides is 1. The second kappa shape index (κ2) is 8.48. The molecular weight excluding hydrogens is 226 g/mol. The van der Waals surface area contributed by atoms with Gasteiger partial charge in [0.1, 0.15) is 0 Å². The van der Waals surface area contributed by atoms with E-state index in [1.165, 1.54) is 12.8 Å². The molecule has 4 heteroatoms. The zero-order valence-electron chi connectivity index (χ0n) is 12.2. The van der Waals surface area contributed by atoms with Crippen LogP contribution in [0.2, 0.25) is 0 Å². The second-order valence-electron chi connectivity index (χ2n) is 5.56. The molecule has 1 saturated heterocycles. The normalized spacial score (nSPS) is 22.7. The number of hydrogen-bond acceptors (Lipinski definition) is 3. The Morgan fingerprint density at radius 1 is 1.50 bits per heavy atom. The summed E-state index contributed by atoms with van der Waals surface area (Å²) < 4.78 is 0. The second-order valence-corrected chi connectivity index (χ2v) is 5.56. The lowest BCUT2D eigenvalue weighted by molar-refractivity contribution is -0.123. The van der Waals surface area contributed by atoms with E-state index in [1.54, 1.807) is 0 Å². The van der Waals surface area contributed by atoms with Crippen LogP contribution in [-0.2, 0) is 4.79 Å². The van der Waals surface area contributed by atoms with Crippen molar-refractivity contribution in [3.05, 3.63) is 0 Å². The summed E-state index contributed by atoms with van der Waals surface area (Å²) in [6.45, 7) is 7.97. The number of carbonyl (C=O) groups is 1. The van der Waals surface area contributed by atoms with Gasteiger partial charge < -0.3 is 10.6 Å². The highest BCUT2D eigenvalue weighted by Crippen LogP contribution is 2.15. The Morgan fingerprint density at radius 3 is 2.94 bits per heavy atom. The Hall–Kier alpha value is -0.610. The first-order valence-corrected chi connectivity index (χ1v) is 7.32. The molecule has 0 radical (unpaired) electrons. The highest BCUT2D eigenvalue weighted by Gasteiger charge is 2.21. The number of piperidine rings is 1. The molecule has 2 N–H and O–H groups in total. The topological polar surface area (TPSA) is 44.4 Å². The first-order chi connectivity index (χ1) is 8.65. The van der Waals surface area contributed by atoms with Gasteiger partial charge in [0, 0.05) is 12.6 Å². The molecule has 0 aliphatic carbocycles. The van der Waals surface area contributed by atoms with Gasteiger partial charge in [0.15, 0.2) is 0 Å². The predicted octanol–water partition coefficient (Wildman–Crippen LogP) is 1.22. The Bertz CT molecular complexity index is 243. The zero-order chi connectivity index (χ0) is 13.4. The molecule has 1 rings (SSSR count). The molecule has 0 spiro atoms. The summed E-state index contributed by atoms with van der Waals surface area (Å²) in [5.41, 5.74) is 0. The highest BCUT2D eigenvalue weighted by atomic mass is 16.2. The van der Waals surface area contributed by atoms with Crippen LogP contribution in [0.4, 0.5) is 0 Å². The number of likely N-dealkylation sites (tertiary alicyclic amines) is 1. The summed E-state index contributed by atoms with van der Waals surface area (Å²) in [5, 5.41) is 6.31. The summed E-state index contributed by atoms with van der Waals surface area (Å²) >= 11 is 0. The smallest absolute Gasteiger partial charge is 0.234 e.